The van der Waals surface area contributed by atoms with E-state index in [-0.39, 0.29) is 22.0 Å². The van der Waals surface area contributed by atoms with Gasteiger partial charge in [0.2, 0.25) is 0 Å². The van der Waals surface area contributed by atoms with E-state index in [1.54, 1.807) is 0 Å². The summed E-state index contributed by atoms with van der Waals surface area (Å²) in [6.45, 7) is 0. The number of aromatic nitrogens is 2. The fourth-order valence-electron chi connectivity index (χ4n) is 1.39. The molecule has 0 aliphatic heterocycles. The molecule has 0 spiro atoms. The third kappa shape index (κ3) is 2.83. The predicted molar refractivity (Wildman–Crippen MR) is 67.8 cm³/mol. The van der Waals surface area contributed by atoms with Crippen molar-refractivity contribution in [3.63, 3.8) is 0 Å². The Morgan fingerprint density at radius 2 is 2.05 bits per heavy atom. The van der Waals surface area contributed by atoms with Crippen molar-refractivity contribution < 1.29 is 14.7 Å². The summed E-state index contributed by atoms with van der Waals surface area (Å²) < 4.78 is 0. The van der Waals surface area contributed by atoms with Crippen LogP contribution in [-0.2, 0) is 0 Å². The van der Waals surface area contributed by atoms with Gasteiger partial charge in [0, 0.05) is 6.20 Å². The molecule has 1 aromatic carbocycles. The molecule has 7 nitrogen and oxygen atoms in total. The van der Waals surface area contributed by atoms with Gasteiger partial charge in [0.25, 0.3) is 5.91 Å². The number of benzene rings is 1. The summed E-state index contributed by atoms with van der Waals surface area (Å²) in [5.41, 5.74) is -0.197. The Hall–Kier alpha value is -2.54. The summed E-state index contributed by atoms with van der Waals surface area (Å²) in [6, 6.07) is 3.90. The van der Waals surface area contributed by atoms with Crippen molar-refractivity contribution in [2.24, 2.45) is 0 Å². The van der Waals surface area contributed by atoms with E-state index in [9.17, 15) is 14.4 Å². The Kier molecular flexibility index (Phi) is 3.39. The quantitative estimate of drug-likeness (QED) is 0.679. The number of carboxylic acids is 1. The molecule has 1 heterocycles. The summed E-state index contributed by atoms with van der Waals surface area (Å²) in [5.74, 6) is -1.68. The molecule has 0 saturated carbocycles. The van der Waals surface area contributed by atoms with E-state index in [0.29, 0.717) is 0 Å². The number of aromatic amines is 2. The van der Waals surface area contributed by atoms with Crippen LogP contribution in [0.3, 0.4) is 0 Å². The Bertz CT molecular complexity index is 704. The van der Waals surface area contributed by atoms with E-state index in [0.717, 1.165) is 0 Å². The maximum atomic E-state index is 11.7. The highest BCUT2D eigenvalue weighted by Gasteiger charge is 2.12. The molecule has 0 unspecified atom stereocenters. The monoisotopic (exact) mass is 281 g/mol. The molecule has 0 radical (unpaired) electrons. The number of carbonyl (C=O) groups excluding carboxylic acids is 1. The van der Waals surface area contributed by atoms with Gasteiger partial charge in [-0.05, 0) is 18.2 Å². The second-order valence-corrected chi connectivity index (χ2v) is 4.02. The molecule has 2 rings (SSSR count). The molecule has 0 bridgehead atoms. The second kappa shape index (κ2) is 4.99. The number of hydrogen-bond acceptors (Lipinski definition) is 3. The molecule has 0 aliphatic rings. The van der Waals surface area contributed by atoms with Crippen LogP contribution < -0.4 is 11.0 Å². The lowest BCUT2D eigenvalue weighted by atomic mass is 10.2. The topological polar surface area (TPSA) is 115 Å². The Morgan fingerprint density at radius 3 is 2.58 bits per heavy atom. The highest BCUT2D eigenvalue weighted by Crippen LogP contribution is 2.23. The summed E-state index contributed by atoms with van der Waals surface area (Å²) >= 11 is 5.85. The number of hydrogen-bond donors (Lipinski definition) is 4. The Balaban J connectivity index is 2.22. The first-order chi connectivity index (χ1) is 8.97. The molecule has 2 aromatic rings. The van der Waals surface area contributed by atoms with Gasteiger partial charge in [-0.25, -0.2) is 9.59 Å². The third-order valence-corrected chi connectivity index (χ3v) is 2.62. The number of amides is 1. The van der Waals surface area contributed by atoms with Crippen molar-refractivity contribution in [3.05, 3.63) is 51.2 Å². The van der Waals surface area contributed by atoms with Crippen LogP contribution in [0.2, 0.25) is 5.02 Å². The van der Waals surface area contributed by atoms with Gasteiger partial charge >= 0.3 is 11.7 Å². The normalized spacial score (nSPS) is 10.2. The highest BCUT2D eigenvalue weighted by molar-refractivity contribution is 6.34. The van der Waals surface area contributed by atoms with Gasteiger partial charge in [-0.15, -0.1) is 0 Å². The molecule has 0 atom stereocenters. The van der Waals surface area contributed by atoms with Crippen LogP contribution in [0.5, 0.6) is 0 Å². The van der Waals surface area contributed by atoms with Crippen LogP contribution in [0.1, 0.15) is 20.8 Å². The van der Waals surface area contributed by atoms with Crippen molar-refractivity contribution in [1.29, 1.82) is 0 Å². The summed E-state index contributed by atoms with van der Waals surface area (Å²) in [5, 5.41) is 11.3. The van der Waals surface area contributed by atoms with Gasteiger partial charge in [0.15, 0.2) is 0 Å². The number of nitrogens with one attached hydrogen (secondary N) is 3. The van der Waals surface area contributed by atoms with Gasteiger partial charge in [-0.1, -0.05) is 11.6 Å². The van der Waals surface area contributed by atoms with Gasteiger partial charge in [0.05, 0.1) is 16.3 Å². The van der Waals surface area contributed by atoms with Crippen molar-refractivity contribution in [1.82, 2.24) is 9.97 Å². The van der Waals surface area contributed by atoms with Crippen LogP contribution >= 0.6 is 11.6 Å². The molecule has 1 aromatic heterocycles. The number of halogens is 1. The number of H-pyrrole nitrogens is 2. The average molecular weight is 282 g/mol. The first-order valence-corrected chi connectivity index (χ1v) is 5.47. The molecule has 98 valence electrons. The lowest BCUT2D eigenvalue weighted by Gasteiger charge is -2.06. The van der Waals surface area contributed by atoms with Crippen molar-refractivity contribution in [3.8, 4) is 0 Å². The molecule has 19 heavy (non-hydrogen) atoms. The highest BCUT2D eigenvalue weighted by atomic mass is 35.5. The molecule has 4 N–H and O–H groups in total. The zero-order valence-corrected chi connectivity index (χ0v) is 10.1. The van der Waals surface area contributed by atoms with Gasteiger partial charge in [0.1, 0.15) is 5.69 Å². The van der Waals surface area contributed by atoms with Crippen molar-refractivity contribution in [2.45, 2.75) is 0 Å². The second-order valence-electron chi connectivity index (χ2n) is 3.61. The number of carboxylic acid groups (broad SMARTS) is 1. The number of imidazole rings is 1. The maximum Gasteiger partial charge on any atom is 0.335 e. The molecule has 0 aliphatic carbocycles. The average Bonchev–Trinajstić information content (AvgIpc) is 2.78. The minimum Gasteiger partial charge on any atom is -0.478 e. The van der Waals surface area contributed by atoms with E-state index in [2.05, 4.69) is 15.3 Å². The maximum absolute atomic E-state index is 11.7. The standard InChI is InChI=1S/C11H8ClN3O4/c12-6-3-5(10(17)18)1-2-7(6)14-9(16)8-4-13-11(19)15-8/h1-4H,(H,14,16)(H,17,18)(H2,13,15,19). The zero-order valence-electron chi connectivity index (χ0n) is 9.36. The van der Waals surface area contributed by atoms with Crippen molar-refractivity contribution >= 4 is 29.2 Å². The van der Waals surface area contributed by atoms with E-state index < -0.39 is 17.6 Å². The van der Waals surface area contributed by atoms with Crippen LogP contribution in [-0.4, -0.2) is 27.0 Å². The van der Waals surface area contributed by atoms with E-state index in [1.807, 2.05) is 0 Å². The first kappa shape index (κ1) is 12.9. The lowest BCUT2D eigenvalue weighted by molar-refractivity contribution is 0.0696. The molecule has 1 amide bonds. The van der Waals surface area contributed by atoms with E-state index in [1.165, 1.54) is 24.4 Å². The van der Waals surface area contributed by atoms with Gasteiger partial charge in [-0.2, -0.15) is 0 Å². The Labute approximate surface area is 111 Å². The van der Waals surface area contributed by atoms with Gasteiger partial charge < -0.3 is 20.4 Å². The molecule has 0 saturated heterocycles. The van der Waals surface area contributed by atoms with E-state index in [4.69, 9.17) is 16.7 Å². The number of carbonyl (C=O) groups is 2. The minimum absolute atomic E-state index is 0.0121. The molecular formula is C11H8ClN3O4. The smallest absolute Gasteiger partial charge is 0.335 e. The molecule has 0 fully saturated rings. The largest absolute Gasteiger partial charge is 0.478 e. The minimum atomic E-state index is -1.12. The molecular weight excluding hydrogens is 274 g/mol. The Morgan fingerprint density at radius 1 is 1.32 bits per heavy atom. The van der Waals surface area contributed by atoms with Crippen LogP contribution in [0, 0.1) is 0 Å². The zero-order chi connectivity index (χ0) is 14.0. The SMILES string of the molecule is O=C(O)c1ccc(NC(=O)c2c[nH]c(=O)[nH]2)c(Cl)c1. The van der Waals surface area contributed by atoms with Crippen LogP contribution in [0.25, 0.3) is 0 Å². The summed E-state index contributed by atoms with van der Waals surface area (Å²) in [7, 11) is 0. The third-order valence-electron chi connectivity index (χ3n) is 2.30. The summed E-state index contributed by atoms with van der Waals surface area (Å²) in [4.78, 5) is 37.9. The van der Waals surface area contributed by atoms with Gasteiger partial charge in [-0.3, -0.25) is 4.79 Å². The predicted octanol–water partition coefficient (Wildman–Crippen LogP) is 1.31. The van der Waals surface area contributed by atoms with Crippen LogP contribution in [0.15, 0.2) is 29.2 Å². The van der Waals surface area contributed by atoms with Crippen LogP contribution in [0.4, 0.5) is 5.69 Å². The molecule has 8 heteroatoms. The number of anilines is 1. The van der Waals surface area contributed by atoms with E-state index >= 15 is 0 Å². The number of aromatic carboxylic acids is 1. The fraction of sp³-hybridized carbons (Fsp3) is 0. The lowest BCUT2D eigenvalue weighted by Crippen LogP contribution is -2.14. The summed E-state index contributed by atoms with van der Waals surface area (Å²) in [6.07, 6.45) is 1.22. The fourth-order valence-corrected chi connectivity index (χ4v) is 1.62. The number of rotatable bonds is 3. The first-order valence-electron chi connectivity index (χ1n) is 5.09. The van der Waals surface area contributed by atoms with Crippen molar-refractivity contribution in [2.75, 3.05) is 5.32 Å².